The van der Waals surface area contributed by atoms with Gasteiger partial charge in [-0.2, -0.15) is 0 Å². The van der Waals surface area contributed by atoms with Crippen molar-refractivity contribution in [3.63, 3.8) is 0 Å². The maximum Gasteiger partial charge on any atom is 0.193 e. The Morgan fingerprint density at radius 2 is 2.38 bits per heavy atom. The van der Waals surface area contributed by atoms with Gasteiger partial charge in [0.15, 0.2) is 5.22 Å². The molecular formula is C9H12ClNO2. The van der Waals surface area contributed by atoms with E-state index >= 15 is 0 Å². The topological polar surface area (TPSA) is 34.4 Å². The van der Waals surface area contributed by atoms with Gasteiger partial charge < -0.3 is 14.5 Å². The average Bonchev–Trinajstić information content (AvgIpc) is 2.53. The van der Waals surface area contributed by atoms with E-state index in [1.807, 2.05) is 6.07 Å². The van der Waals surface area contributed by atoms with Crippen molar-refractivity contribution in [2.45, 2.75) is 19.1 Å². The Labute approximate surface area is 82.0 Å². The van der Waals surface area contributed by atoms with Crippen LogP contribution in [0.15, 0.2) is 16.5 Å². The molecule has 2 rings (SSSR count). The lowest BCUT2D eigenvalue weighted by Crippen LogP contribution is -2.40. The first-order valence-corrected chi connectivity index (χ1v) is 4.74. The molecule has 2 unspecified atom stereocenters. The Bertz CT molecular complexity index is 279. The lowest BCUT2D eigenvalue weighted by atomic mass is 10.2. The minimum Gasteiger partial charge on any atom is -0.447 e. The van der Waals surface area contributed by atoms with Crippen molar-refractivity contribution in [2.75, 3.05) is 13.2 Å². The third-order valence-corrected chi connectivity index (χ3v) is 2.31. The number of hydrogen-bond donors (Lipinski definition) is 1. The molecule has 0 aliphatic carbocycles. The summed E-state index contributed by atoms with van der Waals surface area (Å²) in [5.41, 5.74) is 0. The summed E-state index contributed by atoms with van der Waals surface area (Å²) in [5.74, 6) is 0.796. The van der Waals surface area contributed by atoms with E-state index in [1.54, 1.807) is 6.07 Å². The lowest BCUT2D eigenvalue weighted by Gasteiger charge is -2.26. The number of ether oxygens (including phenoxy) is 1. The molecule has 0 bridgehead atoms. The van der Waals surface area contributed by atoms with E-state index in [9.17, 15) is 0 Å². The van der Waals surface area contributed by atoms with Crippen LogP contribution in [0.3, 0.4) is 0 Å². The van der Waals surface area contributed by atoms with Crippen molar-refractivity contribution in [3.05, 3.63) is 23.1 Å². The Hall–Kier alpha value is -0.510. The van der Waals surface area contributed by atoms with Gasteiger partial charge in [0.1, 0.15) is 11.9 Å². The molecule has 3 nitrogen and oxygen atoms in total. The van der Waals surface area contributed by atoms with E-state index in [1.165, 1.54) is 0 Å². The summed E-state index contributed by atoms with van der Waals surface area (Å²) in [5, 5.41) is 3.73. The molecule has 1 aliphatic rings. The normalized spacial score (nSPS) is 29.1. The molecule has 1 aromatic heterocycles. The van der Waals surface area contributed by atoms with Gasteiger partial charge in [0.2, 0.25) is 0 Å². The lowest BCUT2D eigenvalue weighted by molar-refractivity contribution is -0.00495. The SMILES string of the molecule is CC1COC(c2ccc(Cl)o2)CN1. The third-order valence-electron chi connectivity index (χ3n) is 2.11. The van der Waals surface area contributed by atoms with Crippen LogP contribution in [0.1, 0.15) is 18.8 Å². The zero-order chi connectivity index (χ0) is 9.26. The molecule has 2 atom stereocenters. The fraction of sp³-hybridized carbons (Fsp3) is 0.556. The standard InChI is InChI=1S/C9H12ClNO2/c1-6-5-12-8(4-11-6)7-2-3-9(10)13-7/h2-3,6,8,11H,4-5H2,1H3. The second-order valence-corrected chi connectivity index (χ2v) is 3.65. The van der Waals surface area contributed by atoms with Gasteiger partial charge in [0.05, 0.1) is 6.61 Å². The predicted octanol–water partition coefficient (Wildman–Crippen LogP) is 1.98. The van der Waals surface area contributed by atoms with Crippen LogP contribution in [0.25, 0.3) is 0 Å². The first kappa shape index (κ1) is 9.06. The Morgan fingerprint density at radius 1 is 1.54 bits per heavy atom. The van der Waals surface area contributed by atoms with E-state index in [2.05, 4.69) is 12.2 Å². The summed E-state index contributed by atoms with van der Waals surface area (Å²) in [6.45, 7) is 3.58. The van der Waals surface area contributed by atoms with E-state index in [-0.39, 0.29) is 6.10 Å². The predicted molar refractivity (Wildman–Crippen MR) is 49.9 cm³/mol. The molecule has 1 aromatic rings. The van der Waals surface area contributed by atoms with Gasteiger partial charge in [0, 0.05) is 12.6 Å². The quantitative estimate of drug-likeness (QED) is 0.755. The van der Waals surface area contributed by atoms with Crippen molar-refractivity contribution in [1.29, 1.82) is 0 Å². The summed E-state index contributed by atoms with van der Waals surface area (Å²) in [6.07, 6.45) is 0.00343. The molecule has 1 aliphatic heterocycles. The largest absolute Gasteiger partial charge is 0.447 e. The Balaban J connectivity index is 2.02. The van der Waals surface area contributed by atoms with Gasteiger partial charge in [-0.15, -0.1) is 0 Å². The molecule has 0 saturated carbocycles. The molecule has 0 radical (unpaired) electrons. The van der Waals surface area contributed by atoms with Crippen molar-refractivity contribution in [3.8, 4) is 0 Å². The van der Waals surface area contributed by atoms with Crippen molar-refractivity contribution in [1.82, 2.24) is 5.32 Å². The number of nitrogens with one attached hydrogen (secondary N) is 1. The molecule has 0 amide bonds. The van der Waals surface area contributed by atoms with Gasteiger partial charge >= 0.3 is 0 Å². The van der Waals surface area contributed by atoms with Crippen LogP contribution in [0.2, 0.25) is 5.22 Å². The minimum absolute atomic E-state index is 0.00343. The number of halogens is 1. The van der Waals surface area contributed by atoms with Gasteiger partial charge in [0.25, 0.3) is 0 Å². The zero-order valence-electron chi connectivity index (χ0n) is 7.42. The maximum atomic E-state index is 5.67. The summed E-state index contributed by atoms with van der Waals surface area (Å²) >= 11 is 5.67. The summed E-state index contributed by atoms with van der Waals surface area (Å²) in [6, 6.07) is 4.00. The highest BCUT2D eigenvalue weighted by Gasteiger charge is 2.21. The molecule has 2 heterocycles. The Kier molecular flexibility index (Phi) is 2.58. The highest BCUT2D eigenvalue weighted by molar-refractivity contribution is 6.28. The van der Waals surface area contributed by atoms with Crippen LogP contribution in [0, 0.1) is 0 Å². The summed E-state index contributed by atoms with van der Waals surface area (Å²) in [7, 11) is 0. The number of morpholine rings is 1. The second-order valence-electron chi connectivity index (χ2n) is 3.27. The molecule has 0 spiro atoms. The van der Waals surface area contributed by atoms with Crippen LogP contribution in [0.4, 0.5) is 0 Å². The molecule has 1 fully saturated rings. The van der Waals surface area contributed by atoms with Crippen molar-refractivity contribution < 1.29 is 9.15 Å². The molecule has 1 saturated heterocycles. The third kappa shape index (κ3) is 2.05. The summed E-state index contributed by atoms with van der Waals surface area (Å²) < 4.78 is 10.8. The highest BCUT2D eigenvalue weighted by atomic mass is 35.5. The second kappa shape index (κ2) is 3.70. The van der Waals surface area contributed by atoms with Gasteiger partial charge in [-0.3, -0.25) is 0 Å². The van der Waals surface area contributed by atoms with Crippen LogP contribution in [-0.4, -0.2) is 19.2 Å². The smallest absolute Gasteiger partial charge is 0.193 e. The number of rotatable bonds is 1. The van der Waals surface area contributed by atoms with E-state index in [4.69, 9.17) is 20.8 Å². The number of furan rings is 1. The van der Waals surface area contributed by atoms with Crippen LogP contribution < -0.4 is 5.32 Å². The molecule has 72 valence electrons. The minimum atomic E-state index is 0.00343. The van der Waals surface area contributed by atoms with Crippen molar-refractivity contribution >= 4 is 11.6 Å². The first-order chi connectivity index (χ1) is 6.25. The molecule has 0 aromatic carbocycles. The number of hydrogen-bond acceptors (Lipinski definition) is 3. The molecule has 13 heavy (non-hydrogen) atoms. The maximum absolute atomic E-state index is 5.67. The van der Waals surface area contributed by atoms with Crippen LogP contribution in [-0.2, 0) is 4.74 Å². The average molecular weight is 202 g/mol. The monoisotopic (exact) mass is 201 g/mol. The Morgan fingerprint density at radius 3 is 2.92 bits per heavy atom. The van der Waals surface area contributed by atoms with Crippen LogP contribution in [0.5, 0.6) is 0 Å². The van der Waals surface area contributed by atoms with E-state index < -0.39 is 0 Å². The van der Waals surface area contributed by atoms with Gasteiger partial charge in [-0.25, -0.2) is 0 Å². The van der Waals surface area contributed by atoms with Gasteiger partial charge in [-0.05, 0) is 30.7 Å². The first-order valence-electron chi connectivity index (χ1n) is 4.36. The molecule has 1 N–H and O–H groups in total. The summed E-state index contributed by atoms with van der Waals surface area (Å²) in [4.78, 5) is 0. The van der Waals surface area contributed by atoms with E-state index in [0.717, 1.165) is 12.3 Å². The van der Waals surface area contributed by atoms with Gasteiger partial charge in [-0.1, -0.05) is 0 Å². The fourth-order valence-corrected chi connectivity index (χ4v) is 1.52. The molecule has 4 heteroatoms. The zero-order valence-corrected chi connectivity index (χ0v) is 8.17. The fourth-order valence-electron chi connectivity index (χ4n) is 1.37. The molecular weight excluding hydrogens is 190 g/mol. The van der Waals surface area contributed by atoms with E-state index in [0.29, 0.717) is 17.9 Å². The van der Waals surface area contributed by atoms with Crippen LogP contribution >= 0.6 is 11.6 Å². The highest BCUT2D eigenvalue weighted by Crippen LogP contribution is 2.24. The van der Waals surface area contributed by atoms with Crippen molar-refractivity contribution in [2.24, 2.45) is 0 Å².